The molecule has 0 aromatic heterocycles. The van der Waals surface area contributed by atoms with Gasteiger partial charge in [0, 0.05) is 30.6 Å². The van der Waals surface area contributed by atoms with Gasteiger partial charge in [-0.25, -0.2) is 0 Å². The third kappa shape index (κ3) is 3.02. The van der Waals surface area contributed by atoms with E-state index in [4.69, 9.17) is 0 Å². The Labute approximate surface area is 87.8 Å². The molecule has 2 rings (SSSR count). The van der Waals surface area contributed by atoms with Crippen LogP contribution in [0.1, 0.15) is 34.6 Å². The average molecular weight is 194 g/mol. The summed E-state index contributed by atoms with van der Waals surface area (Å²) in [6.07, 6.45) is 7.96. The number of nitrogens with zero attached hydrogens (tertiary/aromatic N) is 1. The molecular formula is C12H22N2. The maximum absolute atomic E-state index is 4.08. The van der Waals surface area contributed by atoms with Crippen LogP contribution in [0.4, 0.5) is 0 Å². The van der Waals surface area contributed by atoms with E-state index in [0.29, 0.717) is 12.0 Å². The number of fused-ring (bicyclic) bond motifs is 1. The molecule has 2 unspecified atom stereocenters. The fourth-order valence-electron chi connectivity index (χ4n) is 1.36. The van der Waals surface area contributed by atoms with Crippen LogP contribution in [0.25, 0.3) is 0 Å². The Bertz CT molecular complexity index is 226. The first-order valence-electron chi connectivity index (χ1n) is 5.54. The second-order valence-electron chi connectivity index (χ2n) is 2.74. The summed E-state index contributed by atoms with van der Waals surface area (Å²) < 4.78 is 0. The third-order valence-electron chi connectivity index (χ3n) is 2.04. The van der Waals surface area contributed by atoms with Gasteiger partial charge in [0.05, 0.1) is 0 Å². The molecule has 2 nitrogen and oxygen atoms in total. The molecule has 0 saturated carbocycles. The highest BCUT2D eigenvalue weighted by Gasteiger charge is 2.23. The number of nitrogens with one attached hydrogen (secondary N) is 1. The van der Waals surface area contributed by atoms with Crippen LogP contribution < -0.4 is 5.32 Å². The molecule has 2 aliphatic rings. The zero-order valence-electron chi connectivity index (χ0n) is 9.91. The van der Waals surface area contributed by atoms with Crippen LogP contribution in [0, 0.1) is 5.92 Å². The van der Waals surface area contributed by atoms with Gasteiger partial charge in [0.25, 0.3) is 0 Å². The Morgan fingerprint density at radius 1 is 1.21 bits per heavy atom. The highest BCUT2D eigenvalue weighted by Crippen LogP contribution is 2.22. The highest BCUT2D eigenvalue weighted by molar-refractivity contribution is 5.71. The molecule has 0 bridgehead atoms. The molecule has 0 aromatic carbocycles. The maximum atomic E-state index is 4.08. The minimum Gasteiger partial charge on any atom is -0.387 e. The van der Waals surface area contributed by atoms with E-state index in [0.717, 1.165) is 0 Å². The van der Waals surface area contributed by atoms with Crippen LogP contribution >= 0.6 is 0 Å². The van der Waals surface area contributed by atoms with Crippen molar-refractivity contribution in [1.82, 2.24) is 5.32 Å². The lowest BCUT2D eigenvalue weighted by Crippen LogP contribution is -2.24. The molecule has 0 aromatic rings. The van der Waals surface area contributed by atoms with Crippen molar-refractivity contribution in [3.8, 4) is 0 Å². The normalized spacial score (nSPS) is 25.9. The van der Waals surface area contributed by atoms with Gasteiger partial charge in [-0.05, 0) is 18.6 Å². The van der Waals surface area contributed by atoms with E-state index in [1.807, 2.05) is 40.1 Å². The summed E-state index contributed by atoms with van der Waals surface area (Å²) in [6.45, 7) is 10.2. The summed E-state index contributed by atoms with van der Waals surface area (Å²) in [7, 11) is 0. The minimum absolute atomic E-state index is 0.505. The smallest absolute Gasteiger partial charge is 0.0407 e. The third-order valence-corrected chi connectivity index (χ3v) is 2.04. The van der Waals surface area contributed by atoms with E-state index in [9.17, 15) is 0 Å². The van der Waals surface area contributed by atoms with Crippen molar-refractivity contribution >= 4 is 6.21 Å². The maximum Gasteiger partial charge on any atom is 0.0407 e. The highest BCUT2D eigenvalue weighted by atomic mass is 14.9. The number of hydrogen-bond acceptors (Lipinski definition) is 2. The van der Waals surface area contributed by atoms with Crippen LogP contribution in [-0.4, -0.2) is 12.3 Å². The molecule has 0 aliphatic carbocycles. The summed E-state index contributed by atoms with van der Waals surface area (Å²) >= 11 is 0. The molecule has 0 amide bonds. The standard InChI is InChI=1S/C8H10N2.2C2H6/c1-6-8-5-9-3-2-7(8)4-10-6;2*1-2/h2-6,8,10H,1H3;2*1-2H3. The topological polar surface area (TPSA) is 24.4 Å². The van der Waals surface area contributed by atoms with Crippen LogP contribution in [0.3, 0.4) is 0 Å². The minimum atomic E-state index is 0.505. The molecule has 2 heterocycles. The van der Waals surface area contributed by atoms with E-state index in [2.05, 4.69) is 29.5 Å². The Hall–Kier alpha value is -1.05. The Kier molecular flexibility index (Phi) is 6.81. The molecule has 1 N–H and O–H groups in total. The van der Waals surface area contributed by atoms with Gasteiger partial charge in [0.1, 0.15) is 0 Å². The molecule has 80 valence electrons. The van der Waals surface area contributed by atoms with Gasteiger partial charge in [-0.2, -0.15) is 0 Å². The monoisotopic (exact) mass is 194 g/mol. The van der Waals surface area contributed by atoms with E-state index in [1.165, 1.54) is 5.57 Å². The molecule has 0 saturated heterocycles. The lowest BCUT2D eigenvalue weighted by Gasteiger charge is -2.13. The van der Waals surface area contributed by atoms with E-state index >= 15 is 0 Å². The fraction of sp³-hybridized carbons (Fsp3) is 0.583. The fourth-order valence-corrected chi connectivity index (χ4v) is 1.36. The Morgan fingerprint density at radius 3 is 2.43 bits per heavy atom. The van der Waals surface area contributed by atoms with E-state index in [1.54, 1.807) is 0 Å². The van der Waals surface area contributed by atoms with Gasteiger partial charge in [0.15, 0.2) is 0 Å². The largest absolute Gasteiger partial charge is 0.387 e. The first-order chi connectivity index (χ1) is 6.88. The number of aliphatic imine (C=N–C) groups is 1. The van der Waals surface area contributed by atoms with Gasteiger partial charge in [0.2, 0.25) is 0 Å². The lowest BCUT2D eigenvalue weighted by atomic mass is 9.96. The number of rotatable bonds is 0. The number of hydrogen-bond donors (Lipinski definition) is 1. The second kappa shape index (κ2) is 7.36. The van der Waals surface area contributed by atoms with Gasteiger partial charge in [-0.15, -0.1) is 0 Å². The molecule has 2 aliphatic heterocycles. The van der Waals surface area contributed by atoms with Gasteiger partial charge < -0.3 is 5.32 Å². The second-order valence-corrected chi connectivity index (χ2v) is 2.74. The first-order valence-corrected chi connectivity index (χ1v) is 5.54. The summed E-state index contributed by atoms with van der Waals surface area (Å²) in [5, 5.41) is 3.26. The summed E-state index contributed by atoms with van der Waals surface area (Å²) in [6, 6.07) is 0.517. The van der Waals surface area contributed by atoms with Crippen LogP contribution in [-0.2, 0) is 0 Å². The summed E-state index contributed by atoms with van der Waals surface area (Å²) in [4.78, 5) is 4.08. The molecule has 0 fully saturated rings. The van der Waals surface area contributed by atoms with Crippen molar-refractivity contribution in [2.75, 3.05) is 0 Å². The van der Waals surface area contributed by atoms with Crippen LogP contribution in [0.15, 0.2) is 29.0 Å². The van der Waals surface area contributed by atoms with Gasteiger partial charge in [-0.1, -0.05) is 27.7 Å². The van der Waals surface area contributed by atoms with Crippen LogP contribution in [0.2, 0.25) is 0 Å². The predicted octanol–water partition coefficient (Wildman–Crippen LogP) is 3.13. The molecule has 14 heavy (non-hydrogen) atoms. The molecule has 0 spiro atoms. The van der Waals surface area contributed by atoms with Crippen molar-refractivity contribution in [1.29, 1.82) is 0 Å². The quantitative estimate of drug-likeness (QED) is 0.629. The zero-order valence-corrected chi connectivity index (χ0v) is 9.91. The molecule has 2 heteroatoms. The first kappa shape index (κ1) is 12.9. The SMILES string of the molecule is CC.CC.CC1NC=C2C=CN=CC21. The molecular weight excluding hydrogens is 172 g/mol. The zero-order chi connectivity index (χ0) is 11.0. The average Bonchev–Trinajstić information content (AvgIpc) is 2.67. The summed E-state index contributed by atoms with van der Waals surface area (Å²) in [5.41, 5.74) is 1.35. The van der Waals surface area contributed by atoms with Gasteiger partial charge >= 0.3 is 0 Å². The number of allylic oxidation sites excluding steroid dienone is 1. The van der Waals surface area contributed by atoms with Crippen molar-refractivity contribution in [3.05, 3.63) is 24.0 Å². The molecule has 0 radical (unpaired) electrons. The Morgan fingerprint density at radius 2 is 1.86 bits per heavy atom. The van der Waals surface area contributed by atoms with Crippen molar-refractivity contribution in [2.24, 2.45) is 10.9 Å². The van der Waals surface area contributed by atoms with Gasteiger partial charge in [-0.3, -0.25) is 4.99 Å². The van der Waals surface area contributed by atoms with Crippen molar-refractivity contribution < 1.29 is 0 Å². The van der Waals surface area contributed by atoms with Crippen molar-refractivity contribution in [2.45, 2.75) is 40.7 Å². The summed E-state index contributed by atoms with van der Waals surface area (Å²) in [5.74, 6) is 0.505. The molecule has 2 atom stereocenters. The van der Waals surface area contributed by atoms with E-state index < -0.39 is 0 Å². The predicted molar refractivity (Wildman–Crippen MR) is 64.5 cm³/mol. The van der Waals surface area contributed by atoms with E-state index in [-0.39, 0.29) is 0 Å². The Balaban J connectivity index is 0.000000379. The van der Waals surface area contributed by atoms with Crippen LogP contribution in [0.5, 0.6) is 0 Å². The van der Waals surface area contributed by atoms with Crippen molar-refractivity contribution in [3.63, 3.8) is 0 Å². The lowest BCUT2D eigenvalue weighted by molar-refractivity contribution is 0.619.